The minimum absolute atomic E-state index is 0.315. The van der Waals surface area contributed by atoms with Gasteiger partial charge in [-0.25, -0.2) is 0 Å². The van der Waals surface area contributed by atoms with Crippen molar-refractivity contribution in [1.29, 1.82) is 0 Å². The molecule has 0 aromatic heterocycles. The largest absolute Gasteiger partial charge is 0.0654 e. The van der Waals surface area contributed by atoms with Crippen molar-refractivity contribution in [1.82, 2.24) is 0 Å². The zero-order chi connectivity index (χ0) is 11.6. The molecule has 0 amide bonds. The molecule has 1 heterocycles. The highest BCUT2D eigenvalue weighted by atomic mass is 28.3. The summed E-state index contributed by atoms with van der Waals surface area (Å²) in [4.78, 5) is 0. The average molecular weight is 241 g/mol. The van der Waals surface area contributed by atoms with Gasteiger partial charge in [0.1, 0.15) is 0 Å². The average Bonchev–Trinajstić information content (AvgIpc) is 2.32. The molecule has 16 heavy (non-hydrogen) atoms. The van der Waals surface area contributed by atoms with Crippen LogP contribution in [0.25, 0.3) is 0 Å². The van der Waals surface area contributed by atoms with Crippen molar-refractivity contribution in [3.05, 3.63) is 0 Å². The van der Waals surface area contributed by atoms with Gasteiger partial charge in [-0.1, -0.05) is 90.1 Å². The molecule has 2 atom stereocenters. The molecule has 1 rings (SSSR count). The van der Waals surface area contributed by atoms with Crippen molar-refractivity contribution in [2.75, 3.05) is 0 Å². The van der Waals surface area contributed by atoms with Gasteiger partial charge in [0.25, 0.3) is 0 Å². The summed E-state index contributed by atoms with van der Waals surface area (Å²) in [6.45, 7) is 4.66. The van der Waals surface area contributed by atoms with E-state index in [-0.39, 0.29) is 8.80 Å². The van der Waals surface area contributed by atoms with Crippen molar-refractivity contribution >= 4 is 8.80 Å². The van der Waals surface area contributed by atoms with Gasteiger partial charge in [0.15, 0.2) is 0 Å². The SMILES string of the molecule is CCCCCC1CCCC[SiH]1CCCCC. The van der Waals surface area contributed by atoms with Crippen LogP contribution in [0.2, 0.25) is 17.6 Å². The Morgan fingerprint density at radius 2 is 1.69 bits per heavy atom. The summed E-state index contributed by atoms with van der Waals surface area (Å²) in [5.74, 6) is 0. The predicted molar refractivity (Wildman–Crippen MR) is 78.0 cm³/mol. The second-order valence-electron chi connectivity index (χ2n) is 5.80. The molecule has 1 heteroatoms. The summed E-state index contributed by atoms with van der Waals surface area (Å²) in [5.41, 5.74) is 1.23. The molecular formula is C15H32Si. The molecule has 0 nitrogen and oxygen atoms in total. The zero-order valence-electron chi connectivity index (χ0n) is 11.6. The molecule has 0 N–H and O–H groups in total. The lowest BCUT2D eigenvalue weighted by atomic mass is 10.1. The highest BCUT2D eigenvalue weighted by Crippen LogP contribution is 2.36. The van der Waals surface area contributed by atoms with E-state index < -0.39 is 0 Å². The van der Waals surface area contributed by atoms with Gasteiger partial charge in [-0.05, 0) is 5.54 Å². The van der Waals surface area contributed by atoms with Crippen molar-refractivity contribution in [2.45, 2.75) is 95.7 Å². The molecule has 0 aliphatic carbocycles. The molecule has 0 bridgehead atoms. The summed E-state index contributed by atoms with van der Waals surface area (Å²) < 4.78 is 0. The van der Waals surface area contributed by atoms with Gasteiger partial charge in [0.2, 0.25) is 0 Å². The zero-order valence-corrected chi connectivity index (χ0v) is 12.8. The van der Waals surface area contributed by atoms with Crippen LogP contribution in [0, 0.1) is 0 Å². The molecule has 0 radical (unpaired) electrons. The number of unbranched alkanes of at least 4 members (excludes halogenated alkanes) is 4. The van der Waals surface area contributed by atoms with E-state index in [1.54, 1.807) is 44.2 Å². The van der Waals surface area contributed by atoms with E-state index in [0.29, 0.717) is 0 Å². The minimum Gasteiger partial charge on any atom is -0.0654 e. The third-order valence-electron chi connectivity index (χ3n) is 4.42. The van der Waals surface area contributed by atoms with E-state index in [0.717, 1.165) is 0 Å². The number of rotatable bonds is 8. The Morgan fingerprint density at radius 3 is 2.44 bits per heavy atom. The van der Waals surface area contributed by atoms with Gasteiger partial charge < -0.3 is 0 Å². The van der Waals surface area contributed by atoms with E-state index in [4.69, 9.17) is 0 Å². The van der Waals surface area contributed by atoms with Crippen molar-refractivity contribution in [3.63, 3.8) is 0 Å². The Labute approximate surface area is 105 Å². The lowest BCUT2D eigenvalue weighted by Gasteiger charge is -2.30. The minimum atomic E-state index is -0.315. The van der Waals surface area contributed by atoms with E-state index >= 15 is 0 Å². The molecule has 0 aromatic rings. The Bertz CT molecular complexity index is 138. The first-order valence-electron chi connectivity index (χ1n) is 7.88. The van der Waals surface area contributed by atoms with Gasteiger partial charge in [-0.3, -0.25) is 0 Å². The molecule has 2 unspecified atom stereocenters. The van der Waals surface area contributed by atoms with E-state index in [9.17, 15) is 0 Å². The van der Waals surface area contributed by atoms with Crippen molar-refractivity contribution in [2.24, 2.45) is 0 Å². The molecule has 1 fully saturated rings. The Morgan fingerprint density at radius 1 is 0.938 bits per heavy atom. The van der Waals surface area contributed by atoms with Crippen molar-refractivity contribution < 1.29 is 0 Å². The summed E-state index contributed by atoms with van der Waals surface area (Å²) in [7, 11) is -0.315. The normalized spacial score (nSPS) is 25.9. The van der Waals surface area contributed by atoms with Crippen molar-refractivity contribution in [3.8, 4) is 0 Å². The van der Waals surface area contributed by atoms with Gasteiger partial charge in [0.05, 0.1) is 0 Å². The van der Waals surface area contributed by atoms with Crippen LogP contribution in [0.15, 0.2) is 0 Å². The highest BCUT2D eigenvalue weighted by molar-refractivity contribution is 6.60. The molecule has 0 saturated carbocycles. The van der Waals surface area contributed by atoms with Crippen LogP contribution in [-0.2, 0) is 0 Å². The van der Waals surface area contributed by atoms with Gasteiger partial charge in [-0.2, -0.15) is 0 Å². The molecule has 1 aliphatic rings. The van der Waals surface area contributed by atoms with Crippen LogP contribution in [0.3, 0.4) is 0 Å². The quantitative estimate of drug-likeness (QED) is 0.386. The van der Waals surface area contributed by atoms with E-state index in [1.165, 1.54) is 37.6 Å². The lowest BCUT2D eigenvalue weighted by molar-refractivity contribution is 0.546. The highest BCUT2D eigenvalue weighted by Gasteiger charge is 2.25. The summed E-state index contributed by atoms with van der Waals surface area (Å²) in [6, 6.07) is 3.35. The van der Waals surface area contributed by atoms with Crippen LogP contribution >= 0.6 is 0 Å². The fourth-order valence-corrected chi connectivity index (χ4v) is 7.63. The number of hydrogen-bond acceptors (Lipinski definition) is 0. The second-order valence-corrected chi connectivity index (χ2v) is 9.41. The van der Waals surface area contributed by atoms with Crippen LogP contribution in [0.4, 0.5) is 0 Å². The first kappa shape index (κ1) is 14.3. The second kappa shape index (κ2) is 9.27. The molecule has 1 aliphatic heterocycles. The standard InChI is InChI=1S/C15H32Si/c1-3-5-7-11-15-12-8-10-14-16(15)13-9-6-4-2/h15-16H,3-14H2,1-2H3. The van der Waals surface area contributed by atoms with E-state index in [2.05, 4.69) is 13.8 Å². The Hall–Kier alpha value is 0.217. The maximum atomic E-state index is 2.33. The first-order chi connectivity index (χ1) is 7.88. The monoisotopic (exact) mass is 240 g/mol. The fourth-order valence-electron chi connectivity index (χ4n) is 3.36. The molecule has 0 spiro atoms. The predicted octanol–water partition coefficient (Wildman–Crippen LogP) is 5.54. The van der Waals surface area contributed by atoms with Gasteiger partial charge in [-0.15, -0.1) is 0 Å². The maximum absolute atomic E-state index is 2.33. The first-order valence-corrected chi connectivity index (χ1v) is 10.2. The lowest BCUT2D eigenvalue weighted by Crippen LogP contribution is -2.24. The van der Waals surface area contributed by atoms with Crippen LogP contribution < -0.4 is 0 Å². The third-order valence-corrected chi connectivity index (χ3v) is 8.72. The summed E-state index contributed by atoms with van der Waals surface area (Å²) in [6.07, 6.45) is 15.2. The molecule has 1 saturated heterocycles. The van der Waals surface area contributed by atoms with Crippen LogP contribution in [0.1, 0.15) is 78.1 Å². The van der Waals surface area contributed by atoms with Crippen LogP contribution in [0.5, 0.6) is 0 Å². The Kier molecular flexibility index (Phi) is 8.27. The maximum Gasteiger partial charge on any atom is 0.0399 e. The Balaban J connectivity index is 2.20. The van der Waals surface area contributed by atoms with E-state index in [1.807, 2.05) is 0 Å². The van der Waals surface area contributed by atoms with Gasteiger partial charge in [0, 0.05) is 8.80 Å². The number of hydrogen-bond donors (Lipinski definition) is 0. The molecule has 96 valence electrons. The summed E-state index contributed by atoms with van der Waals surface area (Å²) >= 11 is 0. The topological polar surface area (TPSA) is 0 Å². The third kappa shape index (κ3) is 5.52. The smallest absolute Gasteiger partial charge is 0.0399 e. The molecular weight excluding hydrogens is 208 g/mol. The fraction of sp³-hybridized carbons (Fsp3) is 1.00. The summed E-state index contributed by atoms with van der Waals surface area (Å²) in [5, 5.41) is 0. The van der Waals surface area contributed by atoms with Crippen LogP contribution in [-0.4, -0.2) is 8.80 Å². The molecule has 0 aromatic carbocycles. The van der Waals surface area contributed by atoms with Gasteiger partial charge >= 0.3 is 0 Å².